The molecule has 0 aliphatic carbocycles. The number of ether oxygens (including phenoxy) is 1. The number of H-pyrrole nitrogens is 1. The van der Waals surface area contributed by atoms with Crippen molar-refractivity contribution in [3.05, 3.63) is 47.7 Å². The van der Waals surface area contributed by atoms with Crippen LogP contribution in [0.1, 0.15) is 11.3 Å². The summed E-state index contributed by atoms with van der Waals surface area (Å²) < 4.78 is 4.66. The summed E-state index contributed by atoms with van der Waals surface area (Å²) in [7, 11) is 1.37. The third-order valence-corrected chi connectivity index (χ3v) is 2.89. The van der Waals surface area contributed by atoms with Gasteiger partial charge in [-0.25, -0.2) is 4.79 Å². The number of hydrogen-bond donors (Lipinski definition) is 1. The van der Waals surface area contributed by atoms with Crippen molar-refractivity contribution in [2.75, 3.05) is 7.11 Å². The molecule has 0 saturated carbocycles. The normalized spacial score (nSPS) is 10.5. The molecule has 0 amide bonds. The average molecular weight is 229 g/mol. The second-order valence-corrected chi connectivity index (χ2v) is 4.05. The zero-order valence-corrected chi connectivity index (χ0v) is 10.0. The summed E-state index contributed by atoms with van der Waals surface area (Å²) in [6.45, 7) is 5.76. The van der Waals surface area contributed by atoms with Crippen molar-refractivity contribution in [2.24, 2.45) is 0 Å². The lowest BCUT2D eigenvalue weighted by atomic mass is 10.0. The van der Waals surface area contributed by atoms with E-state index < -0.39 is 0 Å². The van der Waals surface area contributed by atoms with Gasteiger partial charge in [-0.15, -0.1) is 0 Å². The third-order valence-electron chi connectivity index (χ3n) is 2.89. The first-order valence-electron chi connectivity index (χ1n) is 5.45. The van der Waals surface area contributed by atoms with Crippen LogP contribution in [0.15, 0.2) is 36.4 Å². The van der Waals surface area contributed by atoms with Gasteiger partial charge in [-0.05, 0) is 18.6 Å². The van der Waals surface area contributed by atoms with Crippen molar-refractivity contribution in [3.8, 4) is 0 Å². The first-order valence-corrected chi connectivity index (χ1v) is 5.45. The van der Waals surface area contributed by atoms with Crippen LogP contribution >= 0.6 is 0 Å². The topological polar surface area (TPSA) is 42.1 Å². The summed E-state index contributed by atoms with van der Waals surface area (Å²) in [4.78, 5) is 14.6. The van der Waals surface area contributed by atoms with Gasteiger partial charge in [0.2, 0.25) is 0 Å². The van der Waals surface area contributed by atoms with Crippen molar-refractivity contribution in [3.63, 3.8) is 0 Å². The molecule has 1 heterocycles. The quantitative estimate of drug-likeness (QED) is 0.649. The highest BCUT2D eigenvalue weighted by Gasteiger charge is 2.13. The van der Waals surface area contributed by atoms with Crippen LogP contribution in [0.3, 0.4) is 0 Å². The Balaban J connectivity index is 2.39. The number of aromatic amines is 1. The summed E-state index contributed by atoms with van der Waals surface area (Å²) >= 11 is 0. The SMILES string of the molecule is C=C(Cc1c(C)[nH]c2ccccc12)C(=O)OC. The highest BCUT2D eigenvalue weighted by atomic mass is 16.5. The van der Waals surface area contributed by atoms with Gasteiger partial charge < -0.3 is 9.72 Å². The van der Waals surface area contributed by atoms with Crippen molar-refractivity contribution in [1.29, 1.82) is 0 Å². The lowest BCUT2D eigenvalue weighted by Crippen LogP contribution is -2.06. The van der Waals surface area contributed by atoms with Gasteiger partial charge in [-0.1, -0.05) is 24.8 Å². The maximum atomic E-state index is 11.4. The molecule has 2 aromatic rings. The van der Waals surface area contributed by atoms with E-state index in [1.165, 1.54) is 7.11 Å². The number of benzene rings is 1. The lowest BCUT2D eigenvalue weighted by molar-refractivity contribution is -0.136. The Bertz CT molecular complexity index is 581. The van der Waals surface area contributed by atoms with Crippen molar-refractivity contribution < 1.29 is 9.53 Å². The van der Waals surface area contributed by atoms with E-state index in [1.54, 1.807) is 0 Å². The number of carbonyl (C=O) groups is 1. The molecule has 0 aliphatic rings. The third kappa shape index (κ3) is 2.09. The molecule has 1 aromatic carbocycles. The average Bonchev–Trinajstić information content (AvgIpc) is 2.65. The molecular weight excluding hydrogens is 214 g/mol. The van der Waals surface area contributed by atoms with Gasteiger partial charge >= 0.3 is 5.97 Å². The van der Waals surface area contributed by atoms with Crippen molar-refractivity contribution >= 4 is 16.9 Å². The number of fused-ring (bicyclic) bond motifs is 1. The first-order chi connectivity index (χ1) is 8.13. The number of methoxy groups -OCH3 is 1. The molecular formula is C14H15NO2. The zero-order chi connectivity index (χ0) is 12.4. The standard InChI is InChI=1S/C14H15NO2/c1-9(14(16)17-3)8-12-10(2)15-13-7-5-4-6-11(12)13/h4-7,15H,1,8H2,2-3H3. The molecule has 0 aliphatic heterocycles. The minimum atomic E-state index is -0.352. The number of aromatic nitrogens is 1. The van der Waals surface area contributed by atoms with Crippen LogP contribution in [-0.2, 0) is 16.0 Å². The molecule has 2 rings (SSSR count). The van der Waals surface area contributed by atoms with Crippen LogP contribution < -0.4 is 0 Å². The molecule has 1 aromatic heterocycles. The predicted octanol–water partition coefficient (Wildman–Crippen LogP) is 2.75. The molecule has 0 bridgehead atoms. The Morgan fingerprint density at radius 1 is 1.41 bits per heavy atom. The largest absolute Gasteiger partial charge is 0.466 e. The highest BCUT2D eigenvalue weighted by molar-refractivity contribution is 5.91. The fraction of sp³-hybridized carbons (Fsp3) is 0.214. The van der Waals surface area contributed by atoms with Crippen LogP contribution in [0, 0.1) is 6.92 Å². The van der Waals surface area contributed by atoms with Gasteiger partial charge in [0, 0.05) is 28.6 Å². The molecule has 0 fully saturated rings. The van der Waals surface area contributed by atoms with Gasteiger partial charge in [-0.2, -0.15) is 0 Å². The number of para-hydroxylation sites is 1. The summed E-state index contributed by atoms with van der Waals surface area (Å²) in [6.07, 6.45) is 0.516. The fourth-order valence-corrected chi connectivity index (χ4v) is 1.99. The molecule has 0 atom stereocenters. The minimum Gasteiger partial charge on any atom is -0.466 e. The maximum Gasteiger partial charge on any atom is 0.333 e. The van der Waals surface area contributed by atoms with Crippen LogP contribution in [0.25, 0.3) is 10.9 Å². The van der Waals surface area contributed by atoms with Gasteiger partial charge in [0.05, 0.1) is 7.11 Å². The van der Waals surface area contributed by atoms with Crippen molar-refractivity contribution in [2.45, 2.75) is 13.3 Å². The van der Waals surface area contributed by atoms with E-state index in [1.807, 2.05) is 31.2 Å². The molecule has 3 heteroatoms. The smallest absolute Gasteiger partial charge is 0.333 e. The monoisotopic (exact) mass is 229 g/mol. The van der Waals surface area contributed by atoms with Crippen LogP contribution in [0.5, 0.6) is 0 Å². The van der Waals surface area contributed by atoms with E-state index in [9.17, 15) is 4.79 Å². The molecule has 0 radical (unpaired) electrons. The molecule has 1 N–H and O–H groups in total. The van der Waals surface area contributed by atoms with Crippen LogP contribution in [0.2, 0.25) is 0 Å². The van der Waals surface area contributed by atoms with Crippen LogP contribution in [0.4, 0.5) is 0 Å². The fourth-order valence-electron chi connectivity index (χ4n) is 1.99. The minimum absolute atomic E-state index is 0.352. The zero-order valence-electron chi connectivity index (χ0n) is 10.0. The Morgan fingerprint density at radius 3 is 2.82 bits per heavy atom. The summed E-state index contributed by atoms with van der Waals surface area (Å²) in [6, 6.07) is 8.03. The maximum absolute atomic E-state index is 11.4. The van der Waals surface area contributed by atoms with E-state index in [0.29, 0.717) is 12.0 Å². The highest BCUT2D eigenvalue weighted by Crippen LogP contribution is 2.24. The lowest BCUT2D eigenvalue weighted by Gasteiger charge is -2.03. The summed E-state index contributed by atoms with van der Waals surface area (Å²) in [5.41, 5.74) is 3.73. The molecule has 88 valence electrons. The molecule has 0 unspecified atom stereocenters. The number of carbonyl (C=O) groups excluding carboxylic acids is 1. The van der Waals surface area contributed by atoms with E-state index in [4.69, 9.17) is 0 Å². The van der Waals surface area contributed by atoms with Gasteiger partial charge in [-0.3, -0.25) is 0 Å². The van der Waals surface area contributed by atoms with Gasteiger partial charge in [0.1, 0.15) is 0 Å². The van der Waals surface area contributed by atoms with E-state index >= 15 is 0 Å². The second kappa shape index (κ2) is 4.45. The van der Waals surface area contributed by atoms with E-state index in [2.05, 4.69) is 16.3 Å². The number of esters is 1. The Labute approximate surface area is 100 Å². The van der Waals surface area contributed by atoms with Gasteiger partial charge in [0.25, 0.3) is 0 Å². The summed E-state index contributed by atoms with van der Waals surface area (Å²) in [5.74, 6) is -0.352. The number of hydrogen-bond acceptors (Lipinski definition) is 2. The van der Waals surface area contributed by atoms with Crippen LogP contribution in [-0.4, -0.2) is 18.1 Å². The first kappa shape index (κ1) is 11.5. The predicted molar refractivity (Wildman–Crippen MR) is 67.9 cm³/mol. The van der Waals surface area contributed by atoms with E-state index in [-0.39, 0.29) is 5.97 Å². The number of nitrogens with one attached hydrogen (secondary N) is 1. The van der Waals surface area contributed by atoms with Gasteiger partial charge in [0.15, 0.2) is 0 Å². The number of aryl methyl sites for hydroxylation is 1. The second-order valence-electron chi connectivity index (χ2n) is 4.05. The molecule has 0 saturated heterocycles. The van der Waals surface area contributed by atoms with Crippen molar-refractivity contribution in [1.82, 2.24) is 4.98 Å². The number of rotatable bonds is 3. The Morgan fingerprint density at radius 2 is 2.12 bits per heavy atom. The molecule has 3 nitrogen and oxygen atoms in total. The Hall–Kier alpha value is -2.03. The molecule has 0 spiro atoms. The van der Waals surface area contributed by atoms with E-state index in [0.717, 1.165) is 22.2 Å². The molecule has 17 heavy (non-hydrogen) atoms. The Kier molecular flexibility index (Phi) is 3.00. The summed E-state index contributed by atoms with van der Waals surface area (Å²) in [5, 5.41) is 1.13.